The van der Waals surface area contributed by atoms with Crippen LogP contribution in [0.3, 0.4) is 0 Å². The highest BCUT2D eigenvalue weighted by Gasteiger charge is 2.45. The average Bonchev–Trinajstić information content (AvgIpc) is 3.04. The molecule has 2 aliphatic carbocycles. The van der Waals surface area contributed by atoms with E-state index in [9.17, 15) is 0 Å². The molecule has 0 N–H and O–H groups in total. The van der Waals surface area contributed by atoms with Crippen LogP contribution in [0.1, 0.15) is 31.9 Å². The summed E-state index contributed by atoms with van der Waals surface area (Å²) < 4.78 is 6.07. The van der Waals surface area contributed by atoms with E-state index < -0.39 is 0 Å². The lowest BCUT2D eigenvalue weighted by molar-refractivity contribution is 0.339. The lowest BCUT2D eigenvalue weighted by Crippen LogP contribution is -2.12. The van der Waals surface area contributed by atoms with Gasteiger partial charge in [0.2, 0.25) is 0 Å². The van der Waals surface area contributed by atoms with E-state index in [0.717, 1.165) is 23.7 Å². The lowest BCUT2D eigenvalue weighted by Gasteiger charge is -2.17. The molecule has 1 aromatic carbocycles. The molecule has 1 aromatic heterocycles. The van der Waals surface area contributed by atoms with Gasteiger partial charge in [-0.05, 0) is 67.0 Å². The van der Waals surface area contributed by atoms with Gasteiger partial charge in [0.25, 0.3) is 0 Å². The molecule has 0 amide bonds. The average molecular weight is 257 g/mol. The van der Waals surface area contributed by atoms with E-state index in [0.29, 0.717) is 0 Å². The van der Waals surface area contributed by atoms with Gasteiger partial charge in [0, 0.05) is 5.39 Å². The Labute approximate surface area is 112 Å². The Morgan fingerprint density at radius 2 is 2.17 bits per heavy atom. The van der Waals surface area contributed by atoms with Crippen LogP contribution in [0.15, 0.2) is 24.3 Å². The van der Waals surface area contributed by atoms with Gasteiger partial charge in [-0.15, -0.1) is 0 Å². The Morgan fingerprint density at radius 1 is 1.28 bits per heavy atom. The summed E-state index contributed by atoms with van der Waals surface area (Å²) in [4.78, 5) is 0. The van der Waals surface area contributed by atoms with E-state index in [-0.39, 0.29) is 0 Å². The number of nitrogens with zero attached hydrogens (tertiary/aromatic N) is 1. The van der Waals surface area contributed by atoms with E-state index in [2.05, 4.69) is 31.2 Å². The molecule has 0 aliphatic heterocycles. The summed E-state index contributed by atoms with van der Waals surface area (Å²) >= 11 is 1.67. The fraction of sp³-hybridized carbons (Fsp3) is 0.562. The minimum atomic E-state index is 0.922. The number of hydrogen-bond donors (Lipinski definition) is 0. The first-order valence-corrected chi connectivity index (χ1v) is 7.93. The van der Waals surface area contributed by atoms with Crippen molar-refractivity contribution < 1.29 is 0 Å². The maximum absolute atomic E-state index is 4.72. The summed E-state index contributed by atoms with van der Waals surface area (Å²) in [5.74, 6) is 3.85. The van der Waals surface area contributed by atoms with Crippen molar-refractivity contribution in [2.24, 2.45) is 23.7 Å². The molecule has 2 aromatic rings. The smallest absolute Gasteiger partial charge is 0.0623 e. The van der Waals surface area contributed by atoms with Crippen LogP contribution in [-0.2, 0) is 6.42 Å². The van der Waals surface area contributed by atoms with Crippen molar-refractivity contribution in [3.8, 4) is 0 Å². The molecule has 0 spiro atoms. The summed E-state index contributed by atoms with van der Waals surface area (Å²) in [6.07, 6.45) is 5.64. The van der Waals surface area contributed by atoms with Crippen molar-refractivity contribution in [1.82, 2.24) is 4.37 Å². The van der Waals surface area contributed by atoms with Crippen LogP contribution < -0.4 is 0 Å². The van der Waals surface area contributed by atoms with E-state index in [1.54, 1.807) is 11.5 Å². The van der Waals surface area contributed by atoms with Crippen molar-refractivity contribution in [2.75, 3.05) is 0 Å². The molecule has 2 aliphatic rings. The maximum Gasteiger partial charge on any atom is 0.0623 e. The summed E-state index contributed by atoms with van der Waals surface area (Å²) in [7, 11) is 0. The third kappa shape index (κ3) is 1.55. The van der Waals surface area contributed by atoms with Crippen molar-refractivity contribution >= 4 is 21.6 Å². The van der Waals surface area contributed by atoms with Gasteiger partial charge in [-0.3, -0.25) is 0 Å². The van der Waals surface area contributed by atoms with Crippen molar-refractivity contribution in [2.45, 2.75) is 32.6 Å². The van der Waals surface area contributed by atoms with Gasteiger partial charge < -0.3 is 0 Å². The molecule has 1 heterocycles. The van der Waals surface area contributed by atoms with Gasteiger partial charge in [-0.25, -0.2) is 0 Å². The van der Waals surface area contributed by atoms with E-state index >= 15 is 0 Å². The van der Waals surface area contributed by atoms with Gasteiger partial charge in [0.05, 0.1) is 10.4 Å². The predicted octanol–water partition coefficient (Wildman–Crippen LogP) is 4.52. The monoisotopic (exact) mass is 257 g/mol. The zero-order chi connectivity index (χ0) is 12.1. The standard InChI is InChI=1S/C16H19NS/c1-10-8-11-6-7-12(10)14(11)9-15-13-4-2-3-5-16(13)18-17-15/h2-5,10-12,14H,6-9H2,1H3/t10-,11?,12?,14?/m0/s1. The molecule has 2 saturated carbocycles. The SMILES string of the molecule is C[C@H]1CC2CCC1C2Cc1nsc2ccccc12. The van der Waals surface area contributed by atoms with E-state index in [1.807, 2.05) is 0 Å². The zero-order valence-electron chi connectivity index (χ0n) is 10.8. The Kier molecular flexibility index (Phi) is 2.47. The van der Waals surface area contributed by atoms with Gasteiger partial charge in [-0.1, -0.05) is 25.1 Å². The number of fused-ring (bicyclic) bond motifs is 3. The van der Waals surface area contributed by atoms with Gasteiger partial charge in [-0.2, -0.15) is 4.37 Å². The van der Waals surface area contributed by atoms with E-state index in [1.165, 1.54) is 41.5 Å². The van der Waals surface area contributed by atoms with Crippen LogP contribution in [0.2, 0.25) is 0 Å². The highest BCUT2D eigenvalue weighted by molar-refractivity contribution is 7.13. The number of hydrogen-bond acceptors (Lipinski definition) is 2. The molecule has 0 saturated heterocycles. The topological polar surface area (TPSA) is 12.9 Å². The quantitative estimate of drug-likeness (QED) is 0.770. The van der Waals surface area contributed by atoms with Crippen molar-refractivity contribution in [3.05, 3.63) is 30.0 Å². The molecule has 3 unspecified atom stereocenters. The first-order valence-electron chi connectivity index (χ1n) is 7.16. The summed E-state index contributed by atoms with van der Waals surface area (Å²) in [6, 6.07) is 8.70. The first-order chi connectivity index (χ1) is 8.83. The normalized spacial score (nSPS) is 34.5. The first kappa shape index (κ1) is 11.0. The number of aromatic nitrogens is 1. The largest absolute Gasteiger partial charge is 0.196 e. The van der Waals surface area contributed by atoms with Crippen molar-refractivity contribution in [3.63, 3.8) is 0 Å². The fourth-order valence-electron chi connectivity index (χ4n) is 4.46. The lowest BCUT2D eigenvalue weighted by atomic mass is 9.88. The van der Waals surface area contributed by atoms with E-state index in [4.69, 9.17) is 4.37 Å². The summed E-state index contributed by atoms with van der Waals surface area (Å²) in [6.45, 7) is 2.45. The molecular weight excluding hydrogens is 238 g/mol. The molecular formula is C16H19NS. The predicted molar refractivity (Wildman–Crippen MR) is 76.8 cm³/mol. The Balaban J connectivity index is 1.65. The van der Waals surface area contributed by atoms with Gasteiger partial charge >= 0.3 is 0 Å². The molecule has 2 heteroatoms. The second kappa shape index (κ2) is 4.06. The number of rotatable bonds is 2. The molecule has 2 fully saturated rings. The van der Waals surface area contributed by atoms with Crippen LogP contribution in [-0.4, -0.2) is 4.37 Å². The molecule has 94 valence electrons. The molecule has 1 nitrogen and oxygen atoms in total. The van der Waals surface area contributed by atoms with Gasteiger partial charge in [0.1, 0.15) is 0 Å². The summed E-state index contributed by atoms with van der Waals surface area (Å²) in [5, 5.41) is 1.40. The molecule has 18 heavy (non-hydrogen) atoms. The van der Waals surface area contributed by atoms with Gasteiger partial charge in [0.15, 0.2) is 0 Å². The second-order valence-corrected chi connectivity index (χ2v) is 7.01. The van der Waals surface area contributed by atoms with Crippen LogP contribution in [0.25, 0.3) is 10.1 Å². The molecule has 4 atom stereocenters. The van der Waals surface area contributed by atoms with Crippen LogP contribution in [0, 0.1) is 23.7 Å². The third-order valence-electron chi connectivity index (χ3n) is 5.31. The Hall–Kier alpha value is -0.890. The third-order valence-corrected chi connectivity index (χ3v) is 6.18. The maximum atomic E-state index is 4.72. The number of benzene rings is 1. The zero-order valence-corrected chi connectivity index (χ0v) is 11.6. The summed E-state index contributed by atoms with van der Waals surface area (Å²) in [5.41, 5.74) is 1.37. The van der Waals surface area contributed by atoms with Crippen LogP contribution in [0.5, 0.6) is 0 Å². The minimum Gasteiger partial charge on any atom is -0.196 e. The molecule has 0 radical (unpaired) electrons. The molecule has 2 bridgehead atoms. The fourth-order valence-corrected chi connectivity index (χ4v) is 5.27. The second-order valence-electron chi connectivity index (χ2n) is 6.21. The minimum absolute atomic E-state index is 0.922. The Bertz CT molecular complexity index is 573. The van der Waals surface area contributed by atoms with Crippen LogP contribution >= 0.6 is 11.5 Å². The van der Waals surface area contributed by atoms with Crippen LogP contribution in [0.4, 0.5) is 0 Å². The van der Waals surface area contributed by atoms with Crippen molar-refractivity contribution in [1.29, 1.82) is 0 Å². The molecule has 4 rings (SSSR count). The highest BCUT2D eigenvalue weighted by Crippen LogP contribution is 2.53. The Morgan fingerprint density at radius 3 is 2.94 bits per heavy atom. The highest BCUT2D eigenvalue weighted by atomic mass is 32.1.